The molecule has 148 valence electrons. The van der Waals surface area contributed by atoms with Gasteiger partial charge in [0.15, 0.2) is 0 Å². The molecule has 0 radical (unpaired) electrons. The molecule has 2 heterocycles. The van der Waals surface area contributed by atoms with Crippen LogP contribution in [-0.4, -0.2) is 33.7 Å². The van der Waals surface area contributed by atoms with E-state index in [9.17, 15) is 0 Å². The zero-order chi connectivity index (χ0) is 20.3. The van der Waals surface area contributed by atoms with Gasteiger partial charge in [-0.1, -0.05) is 63.2 Å². The lowest BCUT2D eigenvalue weighted by Gasteiger charge is -2.17. The molecule has 2 aromatic carbocycles. The van der Waals surface area contributed by atoms with Crippen LogP contribution in [0.25, 0.3) is 0 Å². The zero-order valence-corrected chi connectivity index (χ0v) is 17.0. The van der Waals surface area contributed by atoms with E-state index in [0.717, 1.165) is 23.4 Å². The van der Waals surface area contributed by atoms with Crippen molar-refractivity contribution in [2.75, 3.05) is 11.9 Å². The monoisotopic (exact) mass is 387 g/mol. The van der Waals surface area contributed by atoms with Gasteiger partial charge in [-0.2, -0.15) is 5.10 Å². The van der Waals surface area contributed by atoms with Crippen molar-refractivity contribution < 1.29 is 4.74 Å². The maximum absolute atomic E-state index is 5.93. The topological polar surface area (TPSA) is 72.3 Å². The number of nitrogens with zero attached hydrogens (tertiary/aromatic N) is 4. The number of hydrogen-bond donors (Lipinski definition) is 1. The van der Waals surface area contributed by atoms with Crippen LogP contribution < -0.4 is 5.32 Å². The summed E-state index contributed by atoms with van der Waals surface area (Å²) in [4.78, 5) is 9.42. The molecule has 0 bridgehead atoms. The summed E-state index contributed by atoms with van der Waals surface area (Å²) >= 11 is 0. The SMILES string of the molecule is CC(C)(C)c1cnnc(Nc2ccccc2C2=N[C@H](Cc3ccccc3)CO2)n1. The first kappa shape index (κ1) is 19.1. The molecule has 1 atom stereocenters. The van der Waals surface area contributed by atoms with Crippen LogP contribution in [0.3, 0.4) is 0 Å². The van der Waals surface area contributed by atoms with Gasteiger partial charge in [-0.25, -0.2) is 9.98 Å². The maximum Gasteiger partial charge on any atom is 0.247 e. The molecule has 6 nitrogen and oxygen atoms in total. The Labute approximate surface area is 171 Å². The van der Waals surface area contributed by atoms with E-state index in [1.165, 1.54) is 5.56 Å². The van der Waals surface area contributed by atoms with Gasteiger partial charge in [-0.15, -0.1) is 5.10 Å². The van der Waals surface area contributed by atoms with Crippen LogP contribution in [-0.2, 0) is 16.6 Å². The summed E-state index contributed by atoms with van der Waals surface area (Å²) in [5.41, 5.74) is 3.78. The lowest BCUT2D eigenvalue weighted by Crippen LogP contribution is -2.16. The van der Waals surface area contributed by atoms with Gasteiger partial charge in [0.1, 0.15) is 6.61 Å². The third-order valence-electron chi connectivity index (χ3n) is 4.76. The number of aliphatic imine (C=N–C) groups is 1. The van der Waals surface area contributed by atoms with Crippen LogP contribution in [0.1, 0.15) is 37.6 Å². The van der Waals surface area contributed by atoms with E-state index in [4.69, 9.17) is 9.73 Å². The summed E-state index contributed by atoms with van der Waals surface area (Å²) in [5, 5.41) is 11.5. The molecule has 0 saturated carbocycles. The molecule has 29 heavy (non-hydrogen) atoms. The minimum atomic E-state index is -0.102. The van der Waals surface area contributed by atoms with Gasteiger partial charge in [0.05, 0.1) is 29.2 Å². The van der Waals surface area contributed by atoms with Gasteiger partial charge < -0.3 is 10.1 Å². The lowest BCUT2D eigenvalue weighted by atomic mass is 9.93. The van der Waals surface area contributed by atoms with Crippen LogP contribution in [0.5, 0.6) is 0 Å². The molecule has 1 aliphatic rings. The van der Waals surface area contributed by atoms with E-state index in [2.05, 4.69) is 65.5 Å². The number of ether oxygens (including phenoxy) is 1. The van der Waals surface area contributed by atoms with Crippen molar-refractivity contribution in [1.29, 1.82) is 0 Å². The van der Waals surface area contributed by atoms with Crippen LogP contribution in [0.4, 0.5) is 11.6 Å². The molecule has 0 saturated heterocycles. The second-order valence-corrected chi connectivity index (χ2v) is 8.17. The van der Waals surface area contributed by atoms with Crippen molar-refractivity contribution in [2.24, 2.45) is 4.99 Å². The summed E-state index contributed by atoms with van der Waals surface area (Å²) in [5.74, 6) is 1.11. The normalized spacial score (nSPS) is 16.2. The first-order valence-corrected chi connectivity index (χ1v) is 9.80. The number of aromatic nitrogens is 3. The van der Waals surface area contributed by atoms with Gasteiger partial charge in [0.2, 0.25) is 11.8 Å². The van der Waals surface area contributed by atoms with E-state index in [0.29, 0.717) is 18.5 Å². The van der Waals surface area contributed by atoms with Crippen molar-refractivity contribution in [3.63, 3.8) is 0 Å². The Hall–Kier alpha value is -3.28. The van der Waals surface area contributed by atoms with E-state index < -0.39 is 0 Å². The molecule has 0 aliphatic carbocycles. The molecular formula is C23H25N5O. The van der Waals surface area contributed by atoms with Crippen LogP contribution >= 0.6 is 0 Å². The summed E-state index contributed by atoms with van der Waals surface area (Å²) in [6.07, 6.45) is 2.57. The third kappa shape index (κ3) is 4.59. The van der Waals surface area contributed by atoms with Gasteiger partial charge in [0.25, 0.3) is 0 Å². The Morgan fingerprint density at radius 3 is 2.59 bits per heavy atom. The van der Waals surface area contributed by atoms with Crippen LogP contribution in [0.15, 0.2) is 65.8 Å². The Kier molecular flexibility index (Phi) is 5.25. The smallest absolute Gasteiger partial charge is 0.247 e. The standard InChI is InChI=1S/C23H25N5O/c1-23(2,3)20-14-24-28-22(27-20)26-19-12-8-7-11-18(19)21-25-17(15-29-21)13-16-9-5-4-6-10-16/h4-12,14,17H,13,15H2,1-3H3,(H,26,27,28)/t17-/m1/s1. The second kappa shape index (κ2) is 7.99. The second-order valence-electron chi connectivity index (χ2n) is 8.17. The Balaban J connectivity index is 1.55. The molecule has 0 unspecified atom stereocenters. The van der Waals surface area contributed by atoms with Gasteiger partial charge >= 0.3 is 0 Å². The number of rotatable bonds is 5. The molecule has 3 aromatic rings. The molecule has 1 aliphatic heterocycles. The van der Waals surface area contributed by atoms with Crippen LogP contribution in [0.2, 0.25) is 0 Å². The highest BCUT2D eigenvalue weighted by atomic mass is 16.5. The van der Waals surface area contributed by atoms with Gasteiger partial charge in [-0.05, 0) is 24.1 Å². The molecule has 0 spiro atoms. The van der Waals surface area contributed by atoms with Gasteiger partial charge in [-0.3, -0.25) is 0 Å². The highest BCUT2D eigenvalue weighted by Gasteiger charge is 2.23. The number of anilines is 2. The predicted octanol–water partition coefficient (Wildman–Crippen LogP) is 4.30. The minimum absolute atomic E-state index is 0.102. The van der Waals surface area contributed by atoms with E-state index >= 15 is 0 Å². The Bertz CT molecular complexity index is 1010. The average molecular weight is 387 g/mol. The molecule has 6 heteroatoms. The fourth-order valence-corrected chi connectivity index (χ4v) is 3.17. The number of hydrogen-bond acceptors (Lipinski definition) is 6. The highest BCUT2D eigenvalue weighted by molar-refractivity contribution is 6.00. The largest absolute Gasteiger partial charge is 0.475 e. The van der Waals surface area contributed by atoms with Crippen molar-refractivity contribution in [1.82, 2.24) is 15.2 Å². The van der Waals surface area contributed by atoms with E-state index in [-0.39, 0.29) is 11.5 Å². The third-order valence-corrected chi connectivity index (χ3v) is 4.76. The van der Waals surface area contributed by atoms with Gasteiger partial charge in [0, 0.05) is 5.41 Å². The van der Waals surface area contributed by atoms with Crippen LogP contribution in [0, 0.1) is 0 Å². The summed E-state index contributed by atoms with van der Waals surface area (Å²) in [6, 6.07) is 18.4. The average Bonchev–Trinajstić information content (AvgIpc) is 3.17. The van der Waals surface area contributed by atoms with E-state index in [1.807, 2.05) is 30.3 Å². The van der Waals surface area contributed by atoms with Crippen molar-refractivity contribution in [3.05, 3.63) is 77.6 Å². The fourth-order valence-electron chi connectivity index (χ4n) is 3.17. The molecule has 0 fully saturated rings. The molecule has 1 aromatic heterocycles. The van der Waals surface area contributed by atoms with Crippen molar-refractivity contribution in [3.8, 4) is 0 Å². The van der Waals surface area contributed by atoms with E-state index in [1.54, 1.807) is 6.20 Å². The summed E-state index contributed by atoms with van der Waals surface area (Å²) < 4.78 is 5.93. The van der Waals surface area contributed by atoms with Crippen molar-refractivity contribution in [2.45, 2.75) is 38.6 Å². The summed E-state index contributed by atoms with van der Waals surface area (Å²) in [6.45, 7) is 6.88. The predicted molar refractivity (Wildman–Crippen MR) is 115 cm³/mol. The summed E-state index contributed by atoms with van der Waals surface area (Å²) in [7, 11) is 0. The minimum Gasteiger partial charge on any atom is -0.475 e. The molecule has 1 N–H and O–H groups in total. The number of benzene rings is 2. The fraction of sp³-hybridized carbons (Fsp3) is 0.304. The molecule has 4 rings (SSSR count). The highest BCUT2D eigenvalue weighted by Crippen LogP contribution is 2.25. The quantitative estimate of drug-likeness (QED) is 0.707. The maximum atomic E-state index is 5.93. The Morgan fingerprint density at radius 2 is 1.79 bits per heavy atom. The molecule has 0 amide bonds. The Morgan fingerprint density at radius 1 is 1.03 bits per heavy atom. The zero-order valence-electron chi connectivity index (χ0n) is 17.0. The van der Waals surface area contributed by atoms with Crippen molar-refractivity contribution >= 4 is 17.5 Å². The lowest BCUT2D eigenvalue weighted by molar-refractivity contribution is 0.317. The first-order valence-electron chi connectivity index (χ1n) is 9.80. The number of para-hydroxylation sites is 1. The molecular weight excluding hydrogens is 362 g/mol. The first-order chi connectivity index (χ1) is 14.0. The number of nitrogens with one attached hydrogen (secondary N) is 1.